The molecule has 3 rings (SSSR count). The van der Waals surface area contributed by atoms with Crippen LogP contribution < -0.4 is 4.90 Å². The van der Waals surface area contributed by atoms with Crippen molar-refractivity contribution >= 4 is 17.7 Å². The lowest BCUT2D eigenvalue weighted by molar-refractivity contribution is -0.00545. The molecule has 2 atom stereocenters. The summed E-state index contributed by atoms with van der Waals surface area (Å²) in [6.45, 7) is 7.58. The first kappa shape index (κ1) is 15.7. The van der Waals surface area contributed by atoms with Crippen molar-refractivity contribution in [2.24, 2.45) is 0 Å². The van der Waals surface area contributed by atoms with E-state index in [1.807, 2.05) is 19.1 Å². The molecule has 3 heterocycles. The van der Waals surface area contributed by atoms with E-state index in [9.17, 15) is 4.39 Å². The van der Waals surface area contributed by atoms with Crippen LogP contribution in [-0.2, 0) is 4.74 Å². The summed E-state index contributed by atoms with van der Waals surface area (Å²) in [7, 11) is 0. The summed E-state index contributed by atoms with van der Waals surface area (Å²) in [6, 6.07) is 5.45. The molecule has 1 N–H and O–H groups in total. The van der Waals surface area contributed by atoms with Gasteiger partial charge in [0.05, 0.1) is 12.2 Å². The van der Waals surface area contributed by atoms with Crippen molar-refractivity contribution in [2.75, 3.05) is 18.0 Å². The van der Waals surface area contributed by atoms with E-state index in [1.54, 1.807) is 12.3 Å². The molecule has 23 heavy (non-hydrogen) atoms. The van der Waals surface area contributed by atoms with Crippen LogP contribution in [0.15, 0.2) is 24.4 Å². The van der Waals surface area contributed by atoms with Gasteiger partial charge in [0.25, 0.3) is 0 Å². The Hall–Kier alpha value is -2.21. The quantitative estimate of drug-likeness (QED) is 0.945. The molecule has 1 aliphatic rings. The molecule has 1 fully saturated rings. The maximum Gasteiger partial charge on any atom is 0.151 e. The zero-order valence-corrected chi connectivity index (χ0v) is 13.6. The summed E-state index contributed by atoms with van der Waals surface area (Å²) >= 11 is 0. The minimum atomic E-state index is -0.377. The van der Waals surface area contributed by atoms with Crippen LogP contribution in [0.25, 0.3) is 11.9 Å². The molecular weight excluding hydrogens is 295 g/mol. The first-order chi connectivity index (χ1) is 11.0. The molecule has 2 aromatic rings. The number of nitrogens with one attached hydrogen (secondary N) is 1. The molecule has 0 spiro atoms. The molecule has 2 aromatic heterocycles. The maximum absolute atomic E-state index is 14.1. The molecule has 0 saturated carbocycles. The molecule has 6 heteroatoms. The number of anilines is 1. The van der Waals surface area contributed by atoms with E-state index < -0.39 is 0 Å². The third-order valence-electron chi connectivity index (χ3n) is 3.76. The maximum atomic E-state index is 14.1. The summed E-state index contributed by atoms with van der Waals surface area (Å²) < 4.78 is 19.8. The molecular formula is C17H21FN4O. The molecule has 0 amide bonds. The number of hydrogen-bond acceptors (Lipinski definition) is 4. The number of hydrogen-bond donors (Lipinski definition) is 1. The summed E-state index contributed by atoms with van der Waals surface area (Å²) in [5.41, 5.74) is 1.84. The number of halogens is 1. The van der Waals surface area contributed by atoms with E-state index >= 15 is 0 Å². The number of aromatic nitrogens is 3. The first-order valence-corrected chi connectivity index (χ1v) is 7.77. The van der Waals surface area contributed by atoms with Crippen LogP contribution >= 0.6 is 0 Å². The van der Waals surface area contributed by atoms with E-state index in [4.69, 9.17) is 4.74 Å². The molecule has 0 aromatic carbocycles. The average molecular weight is 316 g/mol. The molecule has 1 saturated heterocycles. The lowest BCUT2D eigenvalue weighted by atomic mass is 10.2. The summed E-state index contributed by atoms with van der Waals surface area (Å²) in [6.07, 6.45) is 3.48. The number of aromatic amines is 1. The highest BCUT2D eigenvalue weighted by atomic mass is 19.1. The number of ether oxygens (including phenoxy) is 1. The number of morpholine rings is 1. The van der Waals surface area contributed by atoms with Gasteiger partial charge in [-0.25, -0.2) is 9.37 Å². The topological polar surface area (TPSA) is 54.0 Å². The van der Waals surface area contributed by atoms with Crippen LogP contribution in [0.2, 0.25) is 0 Å². The van der Waals surface area contributed by atoms with Gasteiger partial charge in [-0.15, -0.1) is 0 Å². The second-order valence-corrected chi connectivity index (χ2v) is 6.04. The van der Waals surface area contributed by atoms with Crippen molar-refractivity contribution in [1.82, 2.24) is 15.2 Å². The first-order valence-electron chi connectivity index (χ1n) is 7.77. The highest BCUT2D eigenvalue weighted by Gasteiger charge is 2.22. The molecule has 5 nitrogen and oxygen atoms in total. The van der Waals surface area contributed by atoms with Gasteiger partial charge in [0, 0.05) is 25.0 Å². The summed E-state index contributed by atoms with van der Waals surface area (Å²) in [5.74, 6) is 0.512. The Bertz CT molecular complexity index is 685. The van der Waals surface area contributed by atoms with Crippen LogP contribution in [0.5, 0.6) is 0 Å². The Morgan fingerprint density at radius 3 is 2.65 bits per heavy atom. The lowest BCUT2D eigenvalue weighted by Gasteiger charge is -2.36. The van der Waals surface area contributed by atoms with Gasteiger partial charge in [0.2, 0.25) is 0 Å². The van der Waals surface area contributed by atoms with Crippen molar-refractivity contribution in [3.63, 3.8) is 0 Å². The second kappa shape index (κ2) is 6.50. The number of aryl methyl sites for hydroxylation is 1. The van der Waals surface area contributed by atoms with Gasteiger partial charge >= 0.3 is 0 Å². The number of rotatable bonds is 3. The Labute approximate surface area is 135 Å². The van der Waals surface area contributed by atoms with Gasteiger partial charge in [-0.05, 0) is 50.6 Å². The number of H-pyrrole nitrogens is 1. The van der Waals surface area contributed by atoms with Crippen molar-refractivity contribution in [2.45, 2.75) is 33.0 Å². The van der Waals surface area contributed by atoms with Gasteiger partial charge in [-0.1, -0.05) is 0 Å². The Kier molecular flexibility index (Phi) is 4.43. The SMILES string of the molecule is Cc1cc(C(F)=Cc2ccc(N3CC(C)OC(C)C3)nc2)n[nH]1. The Morgan fingerprint density at radius 2 is 2.09 bits per heavy atom. The van der Waals surface area contributed by atoms with Crippen molar-refractivity contribution in [1.29, 1.82) is 0 Å². The van der Waals surface area contributed by atoms with Crippen molar-refractivity contribution < 1.29 is 9.13 Å². The van der Waals surface area contributed by atoms with Gasteiger partial charge in [-0.3, -0.25) is 5.10 Å². The Morgan fingerprint density at radius 1 is 1.35 bits per heavy atom. The fourth-order valence-electron chi connectivity index (χ4n) is 2.80. The monoisotopic (exact) mass is 316 g/mol. The molecule has 1 aliphatic heterocycles. The minimum Gasteiger partial charge on any atom is -0.372 e. The fourth-order valence-corrected chi connectivity index (χ4v) is 2.80. The van der Waals surface area contributed by atoms with Crippen LogP contribution in [0, 0.1) is 6.92 Å². The minimum absolute atomic E-state index is 0.181. The fraction of sp³-hybridized carbons (Fsp3) is 0.412. The average Bonchev–Trinajstić information content (AvgIpc) is 2.94. The van der Waals surface area contributed by atoms with E-state index in [1.165, 1.54) is 6.08 Å². The highest BCUT2D eigenvalue weighted by molar-refractivity contribution is 5.75. The van der Waals surface area contributed by atoms with E-state index in [0.717, 1.165) is 24.6 Å². The van der Waals surface area contributed by atoms with Crippen molar-refractivity contribution in [3.05, 3.63) is 41.3 Å². The van der Waals surface area contributed by atoms with E-state index in [0.29, 0.717) is 11.3 Å². The zero-order valence-electron chi connectivity index (χ0n) is 13.6. The van der Waals surface area contributed by atoms with Gasteiger partial charge < -0.3 is 9.64 Å². The lowest BCUT2D eigenvalue weighted by Crippen LogP contribution is -2.45. The Balaban J connectivity index is 1.74. The van der Waals surface area contributed by atoms with Crippen molar-refractivity contribution in [3.8, 4) is 0 Å². The predicted octanol–water partition coefficient (Wildman–Crippen LogP) is 3.19. The third-order valence-corrected chi connectivity index (χ3v) is 3.76. The van der Waals surface area contributed by atoms with Crippen LogP contribution in [0.3, 0.4) is 0 Å². The second-order valence-electron chi connectivity index (χ2n) is 6.04. The third kappa shape index (κ3) is 3.76. The molecule has 0 aliphatic carbocycles. The number of nitrogens with zero attached hydrogens (tertiary/aromatic N) is 3. The van der Waals surface area contributed by atoms with Crippen LogP contribution in [0.1, 0.15) is 30.8 Å². The smallest absolute Gasteiger partial charge is 0.151 e. The molecule has 0 radical (unpaired) electrons. The largest absolute Gasteiger partial charge is 0.372 e. The van der Waals surface area contributed by atoms with Gasteiger partial charge in [0.15, 0.2) is 5.83 Å². The molecule has 2 unspecified atom stereocenters. The van der Waals surface area contributed by atoms with Crippen LogP contribution in [-0.4, -0.2) is 40.5 Å². The normalized spacial score (nSPS) is 22.4. The molecule has 0 bridgehead atoms. The summed E-state index contributed by atoms with van der Waals surface area (Å²) in [4.78, 5) is 6.65. The van der Waals surface area contributed by atoms with Crippen LogP contribution in [0.4, 0.5) is 10.2 Å². The molecule has 122 valence electrons. The van der Waals surface area contributed by atoms with Gasteiger partial charge in [0.1, 0.15) is 11.5 Å². The zero-order chi connectivity index (χ0) is 16.4. The van der Waals surface area contributed by atoms with E-state index in [2.05, 4.69) is 33.9 Å². The summed E-state index contributed by atoms with van der Waals surface area (Å²) in [5, 5.41) is 6.64. The highest BCUT2D eigenvalue weighted by Crippen LogP contribution is 2.21. The van der Waals surface area contributed by atoms with E-state index in [-0.39, 0.29) is 18.0 Å². The van der Waals surface area contributed by atoms with Gasteiger partial charge in [-0.2, -0.15) is 5.10 Å². The number of pyridine rings is 1. The predicted molar refractivity (Wildman–Crippen MR) is 88.8 cm³/mol. The standard InChI is InChI=1S/C17H21FN4O/c1-11-6-16(21-20-11)15(18)7-14-4-5-17(19-8-14)22-9-12(2)23-13(3)10-22/h4-8,12-13H,9-10H2,1-3H3,(H,20,21).